The first-order valence-corrected chi connectivity index (χ1v) is 7.34. The maximum Gasteiger partial charge on any atom is 0.258 e. The minimum atomic E-state index is -1.30. The number of hydrazone groups is 1. The second-order valence-corrected chi connectivity index (χ2v) is 5.21. The smallest absolute Gasteiger partial charge is 0.258 e. The van der Waals surface area contributed by atoms with Crippen LogP contribution in [0.4, 0.5) is 5.69 Å². The Morgan fingerprint density at radius 3 is 2.68 bits per heavy atom. The van der Waals surface area contributed by atoms with E-state index in [4.69, 9.17) is 5.84 Å². The molecule has 0 amide bonds. The van der Waals surface area contributed by atoms with Gasteiger partial charge in [0.2, 0.25) is 0 Å². The van der Waals surface area contributed by atoms with E-state index < -0.39 is 5.97 Å². The molecule has 7 nitrogen and oxygen atoms in total. The number of aromatic carboxylic acids is 1. The number of benzene rings is 2. The molecule has 0 radical (unpaired) electrons. The summed E-state index contributed by atoms with van der Waals surface area (Å²) in [7, 11) is 0. The van der Waals surface area contributed by atoms with E-state index in [0.29, 0.717) is 11.2 Å². The number of aliphatic imine (C=N–C) groups is 1. The van der Waals surface area contributed by atoms with Crippen LogP contribution in [0.3, 0.4) is 0 Å². The summed E-state index contributed by atoms with van der Waals surface area (Å²) in [6.07, 6.45) is 1.31. The van der Waals surface area contributed by atoms with Crippen molar-refractivity contribution >= 4 is 34.5 Å². The topological polar surface area (TPSA) is 124 Å². The number of rotatable bonds is 4. The van der Waals surface area contributed by atoms with Crippen molar-refractivity contribution in [3.05, 3.63) is 76.1 Å². The highest BCUT2D eigenvalue weighted by Crippen LogP contribution is 2.14. The van der Waals surface area contributed by atoms with Gasteiger partial charge in [-0.25, -0.2) is 0 Å². The zero-order chi connectivity index (χ0) is 17.8. The second-order valence-electron chi connectivity index (χ2n) is 5.21. The summed E-state index contributed by atoms with van der Waals surface area (Å²) in [5.74, 6) is 4.10. The molecule has 2 aromatic carbocycles. The molecule has 3 N–H and O–H groups in total. The fraction of sp³-hybridized carbons (Fsp3) is 0. The van der Waals surface area contributed by atoms with Crippen molar-refractivity contribution in [1.82, 2.24) is 4.98 Å². The number of hydrogen-bond donors (Lipinski definition) is 2. The minimum absolute atomic E-state index is 0.00411. The van der Waals surface area contributed by atoms with Gasteiger partial charge in [0.25, 0.3) is 5.56 Å². The lowest BCUT2D eigenvalue weighted by Crippen LogP contribution is -2.22. The molecule has 0 spiro atoms. The van der Waals surface area contributed by atoms with Crippen LogP contribution in [0.15, 0.2) is 69.5 Å². The predicted octanol–water partition coefficient (Wildman–Crippen LogP) is 0.957. The van der Waals surface area contributed by atoms with E-state index in [1.165, 1.54) is 18.3 Å². The number of para-hydroxylation sites is 1. The molecule has 0 fully saturated rings. The number of fused-ring (bicyclic) bond motifs is 1. The fourth-order valence-corrected chi connectivity index (χ4v) is 2.36. The zero-order valence-electron chi connectivity index (χ0n) is 13.0. The number of carbonyl (C=O) groups is 1. The first kappa shape index (κ1) is 16.1. The number of nitrogens with two attached hydrogens (primary N) is 1. The van der Waals surface area contributed by atoms with Gasteiger partial charge in [-0.2, -0.15) is 5.10 Å². The normalized spacial score (nSPS) is 11.9. The number of nitrogens with one attached hydrogen (secondary N) is 1. The molecule has 0 bridgehead atoms. The Bertz CT molecular complexity index is 1070. The average Bonchev–Trinajstić information content (AvgIpc) is 2.62. The number of nitrogens with zero attached hydrogens (tertiary/aromatic N) is 2. The predicted molar refractivity (Wildman–Crippen MR) is 94.2 cm³/mol. The summed E-state index contributed by atoms with van der Waals surface area (Å²) in [4.78, 5) is 30.0. The third kappa shape index (κ3) is 3.45. The number of H-pyrrole nitrogens is 1. The zero-order valence-corrected chi connectivity index (χ0v) is 13.0. The van der Waals surface area contributed by atoms with Crippen molar-refractivity contribution in [1.29, 1.82) is 0 Å². The van der Waals surface area contributed by atoms with Crippen LogP contribution in [0.1, 0.15) is 15.9 Å². The first-order chi connectivity index (χ1) is 12.1. The number of pyridine rings is 1. The monoisotopic (exact) mass is 333 g/mol. The SMILES string of the molecule is NN=C(C=Nc1cccc(C(=O)[O-])c1)c1cc2ccccc2[nH]c1=O. The van der Waals surface area contributed by atoms with Crippen LogP contribution in [0.25, 0.3) is 10.9 Å². The molecule has 0 saturated carbocycles. The molecule has 0 aliphatic rings. The van der Waals surface area contributed by atoms with Crippen molar-refractivity contribution in [3.8, 4) is 0 Å². The van der Waals surface area contributed by atoms with Gasteiger partial charge >= 0.3 is 0 Å². The maximum absolute atomic E-state index is 12.2. The van der Waals surface area contributed by atoms with Gasteiger partial charge < -0.3 is 20.7 Å². The van der Waals surface area contributed by atoms with Crippen LogP contribution >= 0.6 is 0 Å². The third-order valence-electron chi connectivity index (χ3n) is 3.59. The van der Waals surface area contributed by atoms with E-state index in [0.717, 1.165) is 5.39 Å². The molecule has 1 aromatic heterocycles. The Morgan fingerprint density at radius 1 is 1.12 bits per heavy atom. The van der Waals surface area contributed by atoms with Gasteiger partial charge in [-0.05, 0) is 35.2 Å². The van der Waals surface area contributed by atoms with E-state index in [1.54, 1.807) is 24.3 Å². The van der Waals surface area contributed by atoms with Crippen molar-refractivity contribution in [3.63, 3.8) is 0 Å². The van der Waals surface area contributed by atoms with Gasteiger partial charge in [-0.1, -0.05) is 30.3 Å². The number of carbonyl (C=O) groups excluding carboxylic acids is 1. The molecular formula is C18H13N4O3-. The molecule has 0 unspecified atom stereocenters. The second kappa shape index (κ2) is 6.79. The molecule has 0 aliphatic heterocycles. The van der Waals surface area contributed by atoms with Crippen molar-refractivity contribution < 1.29 is 9.90 Å². The Balaban J connectivity index is 1.99. The highest BCUT2D eigenvalue weighted by molar-refractivity contribution is 6.38. The molecule has 7 heteroatoms. The Labute approximate surface area is 142 Å². The average molecular weight is 333 g/mol. The molecule has 0 saturated heterocycles. The van der Waals surface area contributed by atoms with E-state index in [2.05, 4.69) is 15.1 Å². The van der Waals surface area contributed by atoms with E-state index in [9.17, 15) is 14.7 Å². The van der Waals surface area contributed by atoms with E-state index in [-0.39, 0.29) is 22.4 Å². The summed E-state index contributed by atoms with van der Waals surface area (Å²) >= 11 is 0. The number of carboxylic acid groups (broad SMARTS) is 1. The Morgan fingerprint density at radius 2 is 1.92 bits per heavy atom. The molecule has 0 atom stereocenters. The van der Waals surface area contributed by atoms with Crippen molar-refractivity contribution in [2.24, 2.45) is 15.9 Å². The number of aromatic nitrogens is 1. The van der Waals surface area contributed by atoms with Crippen molar-refractivity contribution in [2.45, 2.75) is 0 Å². The molecule has 3 rings (SSSR count). The highest BCUT2D eigenvalue weighted by atomic mass is 16.4. The van der Waals surface area contributed by atoms with Gasteiger partial charge in [0, 0.05) is 5.52 Å². The summed E-state index contributed by atoms with van der Waals surface area (Å²) < 4.78 is 0. The lowest BCUT2D eigenvalue weighted by atomic mass is 10.1. The molecule has 0 aliphatic carbocycles. The first-order valence-electron chi connectivity index (χ1n) is 7.34. The van der Waals surface area contributed by atoms with Gasteiger partial charge in [-0.3, -0.25) is 9.79 Å². The Kier molecular flexibility index (Phi) is 4.38. The van der Waals surface area contributed by atoms with Gasteiger partial charge in [0.15, 0.2) is 0 Å². The van der Waals surface area contributed by atoms with E-state index >= 15 is 0 Å². The van der Waals surface area contributed by atoms with Crippen LogP contribution in [-0.2, 0) is 0 Å². The Hall–Kier alpha value is -3.74. The minimum Gasteiger partial charge on any atom is -0.545 e. The molecule has 3 aromatic rings. The third-order valence-corrected chi connectivity index (χ3v) is 3.59. The van der Waals surface area contributed by atoms with Crippen LogP contribution in [-0.4, -0.2) is 22.9 Å². The quantitative estimate of drug-likeness (QED) is 0.419. The fourth-order valence-electron chi connectivity index (χ4n) is 2.36. The molecule has 25 heavy (non-hydrogen) atoms. The molecule has 1 heterocycles. The van der Waals surface area contributed by atoms with Crippen LogP contribution < -0.4 is 16.5 Å². The highest BCUT2D eigenvalue weighted by Gasteiger charge is 2.08. The van der Waals surface area contributed by atoms with Crippen molar-refractivity contribution in [2.75, 3.05) is 0 Å². The van der Waals surface area contributed by atoms with Gasteiger partial charge in [0.05, 0.1) is 23.4 Å². The number of carboxylic acids is 1. The van der Waals surface area contributed by atoms with Gasteiger partial charge in [0.1, 0.15) is 5.71 Å². The number of aromatic amines is 1. The number of hydrogen-bond acceptors (Lipinski definition) is 6. The molecule has 124 valence electrons. The lowest BCUT2D eigenvalue weighted by Gasteiger charge is -2.04. The largest absolute Gasteiger partial charge is 0.545 e. The van der Waals surface area contributed by atoms with Crippen LogP contribution in [0.5, 0.6) is 0 Å². The summed E-state index contributed by atoms with van der Waals surface area (Å²) in [6, 6.07) is 14.9. The van der Waals surface area contributed by atoms with Crippen LogP contribution in [0, 0.1) is 0 Å². The standard InChI is InChI=1S/C18H14N4O3/c19-22-16(10-20-13-6-3-5-12(8-13)18(24)25)14-9-11-4-1-2-7-15(11)21-17(14)23/h1-10H,19H2,(H,21,23)(H,24,25)/p-1. The maximum atomic E-state index is 12.2. The summed E-state index contributed by atoms with van der Waals surface area (Å²) in [5, 5.41) is 15.3. The molecular weight excluding hydrogens is 320 g/mol. The summed E-state index contributed by atoms with van der Waals surface area (Å²) in [6.45, 7) is 0. The lowest BCUT2D eigenvalue weighted by molar-refractivity contribution is -0.255. The van der Waals surface area contributed by atoms with Gasteiger partial charge in [-0.15, -0.1) is 0 Å². The summed E-state index contributed by atoms with van der Waals surface area (Å²) in [5.41, 5.74) is 1.17. The van der Waals surface area contributed by atoms with Crippen LogP contribution in [0.2, 0.25) is 0 Å². The van der Waals surface area contributed by atoms with E-state index in [1.807, 2.05) is 18.2 Å².